The van der Waals surface area contributed by atoms with Crippen LogP contribution in [-0.4, -0.2) is 58.9 Å². The third-order valence-corrected chi connectivity index (χ3v) is 4.63. The van der Waals surface area contributed by atoms with Crippen molar-refractivity contribution in [1.29, 1.82) is 0 Å². The molecule has 1 fully saturated rings. The van der Waals surface area contributed by atoms with Crippen LogP contribution in [0.1, 0.15) is 39.3 Å². The number of hydrogen-bond donors (Lipinski definition) is 1. The number of ether oxygens (including phenoxy) is 3. The summed E-state index contributed by atoms with van der Waals surface area (Å²) >= 11 is 0. The number of aromatic nitrogens is 2. The van der Waals surface area contributed by atoms with Crippen molar-refractivity contribution in [2.24, 2.45) is 0 Å². The molecule has 1 aromatic rings. The zero-order chi connectivity index (χ0) is 20.2. The van der Waals surface area contributed by atoms with E-state index in [4.69, 9.17) is 9.47 Å². The van der Waals surface area contributed by atoms with Crippen LogP contribution in [0.3, 0.4) is 0 Å². The van der Waals surface area contributed by atoms with Gasteiger partial charge >= 0.3 is 17.8 Å². The molecular formula is C17H25N3O7. The molecule has 0 radical (unpaired) electrons. The van der Waals surface area contributed by atoms with Crippen molar-refractivity contribution in [3.63, 3.8) is 0 Å². The van der Waals surface area contributed by atoms with E-state index in [1.165, 1.54) is 28.8 Å². The van der Waals surface area contributed by atoms with Crippen molar-refractivity contribution >= 4 is 12.1 Å². The standard InChI is InChI=1S/C17H25N3O7/c1-17(2,9-14(22)25-4)19(3)16(24)26-10-11-5-6-13(27-11)20-8-7-12(21)18-15(20)23/h7-8,11,13H,5-6,9-10H2,1-4H3,(H,18,21,23). The summed E-state index contributed by atoms with van der Waals surface area (Å²) in [6, 6.07) is 1.25. The summed E-state index contributed by atoms with van der Waals surface area (Å²) in [5.41, 5.74) is -1.79. The number of nitrogens with one attached hydrogen (secondary N) is 1. The van der Waals surface area contributed by atoms with E-state index < -0.39 is 35.1 Å². The number of carbonyl (C=O) groups is 2. The van der Waals surface area contributed by atoms with E-state index in [0.29, 0.717) is 12.8 Å². The molecule has 0 spiro atoms. The van der Waals surface area contributed by atoms with Gasteiger partial charge in [-0.1, -0.05) is 0 Å². The van der Waals surface area contributed by atoms with Gasteiger partial charge in [0.15, 0.2) is 0 Å². The minimum Gasteiger partial charge on any atom is -0.469 e. The van der Waals surface area contributed by atoms with Crippen LogP contribution in [0.15, 0.2) is 21.9 Å². The van der Waals surface area contributed by atoms with E-state index in [1.54, 1.807) is 20.9 Å². The van der Waals surface area contributed by atoms with E-state index in [9.17, 15) is 19.2 Å². The quantitative estimate of drug-likeness (QED) is 0.715. The number of carbonyl (C=O) groups excluding carboxylic acids is 2. The van der Waals surface area contributed by atoms with Gasteiger partial charge in [0.1, 0.15) is 12.8 Å². The van der Waals surface area contributed by atoms with Crippen LogP contribution in [0.25, 0.3) is 0 Å². The van der Waals surface area contributed by atoms with E-state index in [1.807, 2.05) is 0 Å². The highest BCUT2D eigenvalue weighted by Crippen LogP contribution is 2.27. The Morgan fingerprint density at radius 2 is 2.07 bits per heavy atom. The van der Waals surface area contributed by atoms with Crippen LogP contribution in [0.2, 0.25) is 0 Å². The molecule has 1 saturated heterocycles. The second kappa shape index (κ2) is 8.38. The van der Waals surface area contributed by atoms with Gasteiger partial charge < -0.3 is 19.1 Å². The maximum absolute atomic E-state index is 12.3. The molecule has 0 saturated carbocycles. The predicted molar refractivity (Wildman–Crippen MR) is 94.3 cm³/mol. The molecule has 1 aliphatic heterocycles. The Balaban J connectivity index is 1.88. The first kappa shape index (κ1) is 20.7. The van der Waals surface area contributed by atoms with Gasteiger partial charge in [-0.25, -0.2) is 9.59 Å². The minimum atomic E-state index is -0.771. The summed E-state index contributed by atoms with van der Waals surface area (Å²) in [7, 11) is 2.84. The zero-order valence-corrected chi connectivity index (χ0v) is 15.9. The number of esters is 1. The highest BCUT2D eigenvalue weighted by atomic mass is 16.6. The molecule has 1 aromatic heterocycles. The van der Waals surface area contributed by atoms with Crippen molar-refractivity contribution in [3.8, 4) is 0 Å². The number of rotatable bonds is 6. The second-order valence-corrected chi connectivity index (χ2v) is 7.01. The van der Waals surface area contributed by atoms with Gasteiger partial charge in [0.05, 0.1) is 25.2 Å². The number of aromatic amines is 1. The van der Waals surface area contributed by atoms with E-state index in [0.717, 1.165) is 0 Å². The Hall–Kier alpha value is -2.62. The zero-order valence-electron chi connectivity index (χ0n) is 15.9. The fraction of sp³-hybridized carbons (Fsp3) is 0.647. The Morgan fingerprint density at radius 3 is 2.70 bits per heavy atom. The van der Waals surface area contributed by atoms with E-state index in [-0.39, 0.29) is 19.1 Å². The van der Waals surface area contributed by atoms with E-state index >= 15 is 0 Å². The molecule has 1 amide bonds. The fourth-order valence-electron chi connectivity index (χ4n) is 2.72. The Bertz CT molecular complexity index is 798. The van der Waals surface area contributed by atoms with Gasteiger partial charge in [-0.2, -0.15) is 0 Å². The largest absolute Gasteiger partial charge is 0.469 e. The third-order valence-electron chi connectivity index (χ3n) is 4.63. The Labute approximate surface area is 156 Å². The van der Waals surface area contributed by atoms with Crippen molar-refractivity contribution in [2.75, 3.05) is 20.8 Å². The monoisotopic (exact) mass is 383 g/mol. The molecule has 2 rings (SSSR count). The molecule has 1 aliphatic rings. The van der Waals surface area contributed by atoms with Gasteiger partial charge in [0.2, 0.25) is 0 Å². The topological polar surface area (TPSA) is 120 Å². The summed E-state index contributed by atoms with van der Waals surface area (Å²) < 4.78 is 17.0. The summed E-state index contributed by atoms with van der Waals surface area (Å²) in [5, 5.41) is 0. The van der Waals surface area contributed by atoms with Crippen LogP contribution in [0.4, 0.5) is 4.79 Å². The van der Waals surface area contributed by atoms with Crippen molar-refractivity contribution in [3.05, 3.63) is 33.1 Å². The smallest absolute Gasteiger partial charge is 0.410 e. The lowest BCUT2D eigenvalue weighted by Gasteiger charge is -2.34. The van der Waals surface area contributed by atoms with E-state index in [2.05, 4.69) is 9.72 Å². The fourth-order valence-corrected chi connectivity index (χ4v) is 2.72. The average molecular weight is 383 g/mol. The lowest BCUT2D eigenvalue weighted by atomic mass is 9.99. The highest BCUT2D eigenvalue weighted by molar-refractivity contribution is 5.73. The SMILES string of the molecule is COC(=O)CC(C)(C)N(C)C(=O)OCC1CCC(n2ccc(=O)[nH]c2=O)O1. The molecule has 0 aromatic carbocycles. The molecule has 10 nitrogen and oxygen atoms in total. The first-order valence-electron chi connectivity index (χ1n) is 8.58. The van der Waals surface area contributed by atoms with Crippen molar-refractivity contribution in [1.82, 2.24) is 14.5 Å². The van der Waals surface area contributed by atoms with Crippen molar-refractivity contribution in [2.45, 2.75) is 51.0 Å². The molecule has 150 valence electrons. The van der Waals surface area contributed by atoms with Crippen LogP contribution in [-0.2, 0) is 19.0 Å². The molecule has 2 heterocycles. The third kappa shape index (κ3) is 5.19. The minimum absolute atomic E-state index is 0.0199. The molecule has 2 atom stereocenters. The number of nitrogens with zero attached hydrogens (tertiary/aromatic N) is 2. The summed E-state index contributed by atoms with van der Waals surface area (Å²) in [6.45, 7) is 3.48. The normalized spacial score (nSPS) is 19.6. The number of hydrogen-bond acceptors (Lipinski definition) is 7. The maximum Gasteiger partial charge on any atom is 0.410 e. The number of amides is 1. The molecule has 27 heavy (non-hydrogen) atoms. The van der Waals surface area contributed by atoms with Crippen molar-refractivity contribution < 1.29 is 23.8 Å². The first-order valence-corrected chi connectivity index (χ1v) is 8.58. The summed E-state index contributed by atoms with van der Waals surface area (Å²) in [4.78, 5) is 50.2. The molecular weight excluding hydrogens is 358 g/mol. The Kier molecular flexibility index (Phi) is 6.42. The van der Waals surface area contributed by atoms with Gasteiger partial charge in [0, 0.05) is 19.3 Å². The maximum atomic E-state index is 12.3. The van der Waals surface area contributed by atoms with Gasteiger partial charge in [-0.05, 0) is 26.7 Å². The van der Waals surface area contributed by atoms with Gasteiger partial charge in [0.25, 0.3) is 5.56 Å². The lowest BCUT2D eigenvalue weighted by Crippen LogP contribution is -2.47. The molecule has 1 N–H and O–H groups in total. The summed E-state index contributed by atoms with van der Waals surface area (Å²) in [5.74, 6) is -0.423. The van der Waals surface area contributed by atoms with Gasteiger partial charge in [-0.15, -0.1) is 0 Å². The number of H-pyrrole nitrogens is 1. The Morgan fingerprint density at radius 1 is 1.37 bits per heavy atom. The molecule has 0 bridgehead atoms. The second-order valence-electron chi connectivity index (χ2n) is 7.01. The predicted octanol–water partition coefficient (Wildman–Crippen LogP) is 0.624. The summed E-state index contributed by atoms with van der Waals surface area (Å²) in [6.07, 6.45) is 1.09. The van der Waals surface area contributed by atoms with Crippen LogP contribution < -0.4 is 11.2 Å². The molecule has 0 aliphatic carbocycles. The van der Waals surface area contributed by atoms with Gasteiger partial charge in [-0.3, -0.25) is 19.1 Å². The lowest BCUT2D eigenvalue weighted by molar-refractivity contribution is -0.143. The van der Waals surface area contributed by atoms with Crippen LogP contribution in [0.5, 0.6) is 0 Å². The number of methoxy groups -OCH3 is 1. The average Bonchev–Trinajstić information content (AvgIpc) is 3.07. The van der Waals surface area contributed by atoms with Crippen LogP contribution >= 0.6 is 0 Å². The first-order chi connectivity index (χ1) is 12.6. The molecule has 10 heteroatoms. The molecule has 2 unspecified atom stereocenters. The van der Waals surface area contributed by atoms with Crippen LogP contribution in [0, 0.1) is 0 Å². The highest BCUT2D eigenvalue weighted by Gasteiger charge is 2.33.